The molecular weight excluding hydrogens is 1350 g/mol. The summed E-state index contributed by atoms with van der Waals surface area (Å²) in [5.41, 5.74) is 0. The van der Waals surface area contributed by atoms with Gasteiger partial charge in [0, 0.05) is 25.7 Å². The molecule has 0 rings (SSSR count). The number of esters is 4. The summed E-state index contributed by atoms with van der Waals surface area (Å²) < 4.78 is 68.9. The molecule has 0 fully saturated rings. The van der Waals surface area contributed by atoms with Gasteiger partial charge in [0.15, 0.2) is 12.2 Å². The van der Waals surface area contributed by atoms with Crippen molar-refractivity contribution in [1.82, 2.24) is 0 Å². The van der Waals surface area contributed by atoms with Crippen LogP contribution in [0.2, 0.25) is 0 Å². The van der Waals surface area contributed by atoms with E-state index >= 15 is 0 Å². The Balaban J connectivity index is 5.23. The van der Waals surface area contributed by atoms with Crippen molar-refractivity contribution >= 4 is 39.5 Å². The first-order valence-corrected chi connectivity index (χ1v) is 47.0. The highest BCUT2D eigenvalue weighted by Gasteiger charge is 2.30. The molecule has 0 saturated heterocycles. The average Bonchev–Trinajstić information content (AvgIpc) is 0.907. The first kappa shape index (κ1) is 102. The quantitative estimate of drug-likeness (QED) is 0.0222. The molecule has 2 unspecified atom stereocenters. The van der Waals surface area contributed by atoms with Gasteiger partial charge >= 0.3 is 39.5 Å². The van der Waals surface area contributed by atoms with Crippen molar-refractivity contribution in [3.8, 4) is 0 Å². The number of carbonyl (C=O) groups excluding carboxylic acids is 4. The number of aliphatic hydroxyl groups excluding tert-OH is 1. The fourth-order valence-electron chi connectivity index (χ4n) is 13.2. The molecule has 5 atom stereocenters. The van der Waals surface area contributed by atoms with E-state index < -0.39 is 97.5 Å². The molecule has 0 saturated carbocycles. The van der Waals surface area contributed by atoms with Crippen molar-refractivity contribution in [2.75, 3.05) is 39.6 Å². The number of rotatable bonds is 84. The third-order valence-corrected chi connectivity index (χ3v) is 21.9. The Morgan fingerprint density at radius 3 is 0.654 bits per heavy atom. The van der Waals surface area contributed by atoms with Gasteiger partial charge in [0.25, 0.3) is 0 Å². The maximum absolute atomic E-state index is 13.1. The maximum Gasteiger partial charge on any atom is 0.472 e. The number of hydrogen-bond donors (Lipinski definition) is 3. The highest BCUT2D eigenvalue weighted by Crippen LogP contribution is 2.45. The predicted octanol–water partition coefficient (Wildman–Crippen LogP) is 25.8. The molecule has 17 nitrogen and oxygen atoms in total. The monoisotopic (exact) mass is 1520 g/mol. The van der Waals surface area contributed by atoms with Crippen LogP contribution < -0.4 is 0 Å². The molecule has 618 valence electrons. The molecule has 0 aliphatic rings. The van der Waals surface area contributed by atoms with Gasteiger partial charge in [-0.3, -0.25) is 37.3 Å². The van der Waals surface area contributed by atoms with Gasteiger partial charge in [-0.05, 0) is 37.5 Å². The Morgan fingerprint density at radius 1 is 0.260 bits per heavy atom. The number of carbonyl (C=O) groups is 4. The Morgan fingerprint density at radius 2 is 0.442 bits per heavy atom. The zero-order valence-electron chi connectivity index (χ0n) is 68.3. The van der Waals surface area contributed by atoms with Crippen molar-refractivity contribution in [3.63, 3.8) is 0 Å². The zero-order chi connectivity index (χ0) is 76.4. The van der Waals surface area contributed by atoms with Crippen LogP contribution in [0.4, 0.5) is 0 Å². The number of hydrogen-bond acceptors (Lipinski definition) is 15. The van der Waals surface area contributed by atoms with Crippen LogP contribution in [-0.2, 0) is 65.4 Å². The number of ether oxygens (including phenoxy) is 4. The predicted molar refractivity (Wildman–Crippen MR) is 428 cm³/mol. The Bertz CT molecular complexity index is 1990. The standard InChI is InChI=1S/C85H166O17P2/c1-7-9-11-13-15-17-19-21-23-25-27-29-31-36-40-44-50-57-63-69-84(89)101-80(73-95-82(87)67-61-55-49-43-39-35-30-28-26-24-22-20-18-16-14-12-10-8-2)75-99-103(91,92)97-71-79(86)72-98-104(93,94)100-76-81(74-96-83(88)68-62-56-52-46-48-54-60-66-78(5)6)102-85(90)70-64-58-51-45-41-37-33-32-34-38-42-47-53-59-65-77(3)4/h77-81,86H,7-76H2,1-6H3,(H,91,92)(H,93,94)/t79-,80-,81-/m1/s1. The van der Waals surface area contributed by atoms with E-state index in [1.54, 1.807) is 0 Å². The number of phosphoric ester groups is 2. The molecule has 0 aromatic rings. The second-order valence-electron chi connectivity index (χ2n) is 31.5. The minimum absolute atomic E-state index is 0.107. The van der Waals surface area contributed by atoms with Gasteiger partial charge in [-0.15, -0.1) is 0 Å². The lowest BCUT2D eigenvalue weighted by Gasteiger charge is -2.21. The van der Waals surface area contributed by atoms with Crippen molar-refractivity contribution in [2.24, 2.45) is 11.8 Å². The van der Waals surface area contributed by atoms with E-state index in [-0.39, 0.29) is 25.7 Å². The van der Waals surface area contributed by atoms with Crippen LogP contribution in [0.15, 0.2) is 0 Å². The third-order valence-electron chi connectivity index (χ3n) is 20.0. The van der Waals surface area contributed by atoms with Crippen LogP contribution in [0.5, 0.6) is 0 Å². The van der Waals surface area contributed by atoms with Gasteiger partial charge in [-0.2, -0.15) is 0 Å². The molecule has 0 aromatic carbocycles. The molecule has 3 N–H and O–H groups in total. The highest BCUT2D eigenvalue weighted by atomic mass is 31.2. The summed E-state index contributed by atoms with van der Waals surface area (Å²) in [6, 6.07) is 0. The van der Waals surface area contributed by atoms with Crippen LogP contribution in [0.1, 0.15) is 452 Å². The molecule has 0 amide bonds. The van der Waals surface area contributed by atoms with Crippen molar-refractivity contribution in [1.29, 1.82) is 0 Å². The fourth-order valence-corrected chi connectivity index (χ4v) is 14.8. The first-order chi connectivity index (χ1) is 50.4. The molecule has 0 heterocycles. The second kappa shape index (κ2) is 76.4. The molecule has 19 heteroatoms. The van der Waals surface area contributed by atoms with E-state index in [1.165, 1.54) is 263 Å². The van der Waals surface area contributed by atoms with Gasteiger partial charge in [0.2, 0.25) is 0 Å². The van der Waals surface area contributed by atoms with Crippen LogP contribution in [0.25, 0.3) is 0 Å². The first-order valence-electron chi connectivity index (χ1n) is 44.0. The molecule has 0 bridgehead atoms. The van der Waals surface area contributed by atoms with E-state index in [0.29, 0.717) is 31.6 Å². The normalized spacial score (nSPS) is 13.8. The molecular formula is C85H166O17P2. The summed E-state index contributed by atoms with van der Waals surface area (Å²) in [6.07, 6.45) is 68.1. The van der Waals surface area contributed by atoms with E-state index in [0.717, 1.165) is 102 Å². The van der Waals surface area contributed by atoms with E-state index in [2.05, 4.69) is 41.5 Å². The lowest BCUT2D eigenvalue weighted by molar-refractivity contribution is -0.161. The molecule has 104 heavy (non-hydrogen) atoms. The zero-order valence-corrected chi connectivity index (χ0v) is 70.1. The van der Waals surface area contributed by atoms with E-state index in [9.17, 15) is 43.2 Å². The summed E-state index contributed by atoms with van der Waals surface area (Å²) in [7, 11) is -9.93. The lowest BCUT2D eigenvalue weighted by Crippen LogP contribution is -2.30. The minimum Gasteiger partial charge on any atom is -0.462 e. The Kier molecular flexibility index (Phi) is 75.0. The highest BCUT2D eigenvalue weighted by molar-refractivity contribution is 7.47. The summed E-state index contributed by atoms with van der Waals surface area (Å²) in [5, 5.41) is 10.7. The van der Waals surface area contributed by atoms with Gasteiger partial charge in [-0.1, -0.05) is 401 Å². The molecule has 0 aliphatic heterocycles. The summed E-state index contributed by atoms with van der Waals surface area (Å²) >= 11 is 0. The maximum atomic E-state index is 13.1. The van der Waals surface area contributed by atoms with Crippen LogP contribution in [0, 0.1) is 11.8 Å². The topological polar surface area (TPSA) is 237 Å². The molecule has 0 radical (unpaired) electrons. The SMILES string of the molecule is CCCCCCCCCCCCCCCCCCCCCC(=O)O[C@H](COC(=O)CCCCCCCCCCCCCCCCCCCC)COP(=O)(O)OC[C@@H](O)COP(=O)(O)OC[C@@H](COC(=O)CCCCCCCCCC(C)C)OC(=O)CCCCCCCCCCCCCCCCC(C)C. The fraction of sp³-hybridized carbons (Fsp3) is 0.953. The van der Waals surface area contributed by atoms with E-state index in [1.807, 2.05) is 0 Å². The Hall–Kier alpha value is -1.94. The van der Waals surface area contributed by atoms with Gasteiger partial charge in [-0.25, -0.2) is 9.13 Å². The minimum atomic E-state index is -4.96. The summed E-state index contributed by atoms with van der Waals surface area (Å²) in [5.74, 6) is -0.604. The van der Waals surface area contributed by atoms with Crippen molar-refractivity contribution < 1.29 is 80.2 Å². The van der Waals surface area contributed by atoms with Crippen LogP contribution >= 0.6 is 15.6 Å². The molecule has 0 aliphatic carbocycles. The summed E-state index contributed by atoms with van der Waals surface area (Å²) in [6.45, 7) is 9.63. The summed E-state index contributed by atoms with van der Waals surface area (Å²) in [4.78, 5) is 73.2. The number of phosphoric acid groups is 2. The molecule has 0 aromatic heterocycles. The van der Waals surface area contributed by atoms with Gasteiger partial charge < -0.3 is 33.8 Å². The Labute approximate surface area is 638 Å². The number of aliphatic hydroxyl groups is 1. The second-order valence-corrected chi connectivity index (χ2v) is 34.4. The lowest BCUT2D eigenvalue weighted by atomic mass is 10.0. The van der Waals surface area contributed by atoms with Gasteiger partial charge in [0.1, 0.15) is 19.3 Å². The average molecular weight is 1520 g/mol. The number of unbranched alkanes of at least 4 members (excludes halogenated alkanes) is 54. The molecule has 0 spiro atoms. The smallest absolute Gasteiger partial charge is 0.462 e. The van der Waals surface area contributed by atoms with E-state index in [4.69, 9.17) is 37.0 Å². The van der Waals surface area contributed by atoms with Gasteiger partial charge in [0.05, 0.1) is 26.4 Å². The van der Waals surface area contributed by atoms with Crippen molar-refractivity contribution in [2.45, 2.75) is 471 Å². The largest absolute Gasteiger partial charge is 0.472 e. The van der Waals surface area contributed by atoms with Crippen LogP contribution in [0.3, 0.4) is 0 Å². The van der Waals surface area contributed by atoms with Crippen molar-refractivity contribution in [3.05, 3.63) is 0 Å². The third kappa shape index (κ3) is 78.2. The van der Waals surface area contributed by atoms with Crippen LogP contribution in [-0.4, -0.2) is 96.7 Å².